The Hall–Kier alpha value is -4.08. The Morgan fingerprint density at radius 1 is 1.18 bits per heavy atom. The molecule has 0 fully saturated rings. The van der Waals surface area contributed by atoms with Crippen molar-refractivity contribution in [1.29, 1.82) is 5.26 Å². The molecule has 34 heavy (non-hydrogen) atoms. The first-order valence-electron chi connectivity index (χ1n) is 10.8. The van der Waals surface area contributed by atoms with Gasteiger partial charge in [-0.15, -0.1) is 0 Å². The first-order chi connectivity index (χ1) is 16.1. The number of phenolic OH excluding ortho intramolecular Hbond substituents is 1. The molecule has 3 aliphatic rings. The van der Waals surface area contributed by atoms with Gasteiger partial charge in [-0.3, -0.25) is 14.4 Å². The molecule has 1 aromatic carbocycles. The van der Waals surface area contributed by atoms with Crippen molar-refractivity contribution in [2.45, 2.75) is 44.1 Å². The fraction of sp³-hybridized carbons (Fsp3) is 0.360. The van der Waals surface area contributed by atoms with Crippen LogP contribution in [0, 0.1) is 35.0 Å². The lowest BCUT2D eigenvalue weighted by Crippen LogP contribution is -2.57. The first kappa shape index (κ1) is 23.1. The number of ketones is 2. The number of aromatic hydroxyl groups is 1. The standard InChI is InChI=1S/C25H22N2O7/c26-8-4-2-1-3-5-12-6-7-16(28)19-15(12)10-13-9-14-11-17(29)20(24(27)33)23(32)25(14,34)22(31)18(13)21(19)30/h6-7,13-14,28-29,31,34H,1-2,4,9-11H2,(H2,27,33)/t13-,14+,25+/m1/s1. The number of unbranched alkanes of at least 4 members (excludes halogenated alkanes) is 2. The number of allylic oxidation sites excluding steroid dienone is 2. The molecule has 0 saturated heterocycles. The van der Waals surface area contributed by atoms with Gasteiger partial charge >= 0.3 is 0 Å². The molecule has 0 aliphatic heterocycles. The lowest BCUT2D eigenvalue weighted by molar-refractivity contribution is -0.144. The highest BCUT2D eigenvalue weighted by molar-refractivity contribution is 6.24. The summed E-state index contributed by atoms with van der Waals surface area (Å²) in [6.07, 6.45) is 1.44. The number of nitrogens with zero attached hydrogens (tertiary/aromatic N) is 1. The number of fused-ring (bicyclic) bond motifs is 3. The van der Waals surface area contributed by atoms with E-state index in [4.69, 9.17) is 11.0 Å². The highest BCUT2D eigenvalue weighted by Crippen LogP contribution is 2.51. The number of aliphatic hydroxyl groups is 3. The maximum Gasteiger partial charge on any atom is 0.255 e. The van der Waals surface area contributed by atoms with Crippen LogP contribution in [0.15, 0.2) is 34.8 Å². The molecular formula is C25H22N2O7. The maximum absolute atomic E-state index is 13.4. The second-order valence-electron chi connectivity index (χ2n) is 8.71. The van der Waals surface area contributed by atoms with Crippen molar-refractivity contribution in [3.8, 4) is 23.7 Å². The number of primary amides is 1. The molecule has 3 atom stereocenters. The summed E-state index contributed by atoms with van der Waals surface area (Å²) in [7, 11) is 0. The second kappa shape index (κ2) is 8.36. The van der Waals surface area contributed by atoms with Crippen molar-refractivity contribution in [3.63, 3.8) is 0 Å². The van der Waals surface area contributed by atoms with Gasteiger partial charge in [0.1, 0.15) is 22.8 Å². The summed E-state index contributed by atoms with van der Waals surface area (Å²) in [6.45, 7) is 0. The number of carbonyl (C=O) groups excluding carboxylic acids is 3. The molecule has 0 spiro atoms. The zero-order valence-corrected chi connectivity index (χ0v) is 18.1. The summed E-state index contributed by atoms with van der Waals surface area (Å²) in [6, 6.07) is 4.94. The molecule has 0 bridgehead atoms. The van der Waals surface area contributed by atoms with Gasteiger partial charge in [-0.1, -0.05) is 11.8 Å². The topological polar surface area (TPSA) is 182 Å². The van der Waals surface area contributed by atoms with Gasteiger partial charge in [0, 0.05) is 36.3 Å². The van der Waals surface area contributed by atoms with Gasteiger partial charge in [0.15, 0.2) is 11.4 Å². The molecule has 0 heterocycles. The van der Waals surface area contributed by atoms with Crippen LogP contribution in [-0.2, 0) is 16.0 Å². The van der Waals surface area contributed by atoms with Crippen molar-refractivity contribution in [2.24, 2.45) is 17.6 Å². The van der Waals surface area contributed by atoms with E-state index in [-0.39, 0.29) is 36.1 Å². The largest absolute Gasteiger partial charge is 0.511 e. The lowest BCUT2D eigenvalue weighted by Gasteiger charge is -2.45. The molecule has 4 rings (SSSR count). The number of Topliss-reactive ketones (excluding diaryl/α,β-unsaturated/α-hetero) is 2. The van der Waals surface area contributed by atoms with E-state index >= 15 is 0 Å². The molecule has 0 unspecified atom stereocenters. The maximum atomic E-state index is 13.4. The van der Waals surface area contributed by atoms with E-state index in [9.17, 15) is 34.8 Å². The SMILES string of the molecule is N#CCCCC#Cc1ccc(O)c2c1C[C@H]1C[C@H]3CC(O)=C(C(N)=O)C(=O)[C@@]3(O)C(O)=C1C2=O. The third kappa shape index (κ3) is 3.33. The van der Waals surface area contributed by atoms with E-state index in [2.05, 4.69) is 11.8 Å². The number of benzene rings is 1. The number of rotatable bonds is 3. The van der Waals surface area contributed by atoms with E-state index < -0.39 is 52.0 Å². The summed E-state index contributed by atoms with van der Waals surface area (Å²) in [5, 5.41) is 51.5. The van der Waals surface area contributed by atoms with Crippen LogP contribution in [0.3, 0.4) is 0 Å². The number of carbonyl (C=O) groups is 3. The Morgan fingerprint density at radius 2 is 1.91 bits per heavy atom. The minimum absolute atomic E-state index is 0.0631. The summed E-state index contributed by atoms with van der Waals surface area (Å²) >= 11 is 0. The van der Waals surface area contributed by atoms with E-state index in [1.807, 2.05) is 6.07 Å². The van der Waals surface area contributed by atoms with Crippen LogP contribution < -0.4 is 5.73 Å². The lowest BCUT2D eigenvalue weighted by atomic mass is 9.60. The zero-order chi connectivity index (χ0) is 24.8. The first-order valence-corrected chi connectivity index (χ1v) is 10.8. The van der Waals surface area contributed by atoms with Crippen LogP contribution >= 0.6 is 0 Å². The molecule has 0 radical (unpaired) electrons. The van der Waals surface area contributed by atoms with Crippen LogP contribution in [0.5, 0.6) is 5.75 Å². The number of nitrogens with two attached hydrogens (primary N) is 1. The fourth-order valence-corrected chi connectivity index (χ4v) is 5.15. The predicted octanol–water partition coefficient (Wildman–Crippen LogP) is 1.63. The fourth-order valence-electron chi connectivity index (χ4n) is 5.15. The van der Waals surface area contributed by atoms with Gasteiger partial charge in [-0.05, 0) is 42.9 Å². The molecule has 0 saturated carbocycles. The summed E-state index contributed by atoms with van der Waals surface area (Å²) in [5.74, 6) is -0.666. The minimum atomic E-state index is -2.58. The monoisotopic (exact) mass is 462 g/mol. The third-order valence-electron chi connectivity index (χ3n) is 6.76. The second-order valence-corrected chi connectivity index (χ2v) is 8.71. The molecule has 174 valence electrons. The smallest absolute Gasteiger partial charge is 0.255 e. The van der Waals surface area contributed by atoms with Crippen LogP contribution in [0.4, 0.5) is 0 Å². The van der Waals surface area contributed by atoms with Gasteiger partial charge < -0.3 is 26.2 Å². The quantitative estimate of drug-likeness (QED) is 0.255. The summed E-state index contributed by atoms with van der Waals surface area (Å²) in [4.78, 5) is 38.0. The summed E-state index contributed by atoms with van der Waals surface area (Å²) in [5.41, 5.74) is 2.54. The normalized spacial score (nSPS) is 25.5. The molecule has 1 aromatic rings. The van der Waals surface area contributed by atoms with Crippen LogP contribution in [0.2, 0.25) is 0 Å². The predicted molar refractivity (Wildman–Crippen MR) is 117 cm³/mol. The highest BCUT2D eigenvalue weighted by Gasteiger charge is 2.59. The van der Waals surface area contributed by atoms with E-state index in [1.54, 1.807) is 6.07 Å². The van der Waals surface area contributed by atoms with E-state index in [0.29, 0.717) is 30.4 Å². The average molecular weight is 462 g/mol. The Morgan fingerprint density at radius 3 is 2.59 bits per heavy atom. The number of amides is 1. The molecule has 0 aromatic heterocycles. The van der Waals surface area contributed by atoms with Gasteiger partial charge in [-0.2, -0.15) is 5.26 Å². The van der Waals surface area contributed by atoms with Crippen LogP contribution in [0.25, 0.3) is 0 Å². The molecule has 9 heteroatoms. The van der Waals surface area contributed by atoms with Crippen LogP contribution in [-0.4, -0.2) is 43.5 Å². The number of hydrogen-bond acceptors (Lipinski definition) is 8. The molecule has 6 N–H and O–H groups in total. The van der Waals surface area contributed by atoms with Crippen molar-refractivity contribution >= 4 is 17.5 Å². The summed E-state index contributed by atoms with van der Waals surface area (Å²) < 4.78 is 0. The Balaban J connectivity index is 1.80. The Kier molecular flexibility index (Phi) is 5.68. The third-order valence-corrected chi connectivity index (χ3v) is 6.76. The van der Waals surface area contributed by atoms with Crippen molar-refractivity contribution in [1.82, 2.24) is 0 Å². The van der Waals surface area contributed by atoms with Gasteiger partial charge in [0.05, 0.1) is 11.6 Å². The Labute approximate surface area is 194 Å². The molecule has 3 aliphatic carbocycles. The van der Waals surface area contributed by atoms with Crippen LogP contribution in [0.1, 0.15) is 53.6 Å². The van der Waals surface area contributed by atoms with E-state index in [0.717, 1.165) is 0 Å². The van der Waals surface area contributed by atoms with Crippen molar-refractivity contribution in [2.75, 3.05) is 0 Å². The number of nitriles is 1. The van der Waals surface area contributed by atoms with Crippen molar-refractivity contribution < 1.29 is 34.8 Å². The number of aliphatic hydroxyl groups excluding tert-OH is 2. The van der Waals surface area contributed by atoms with Crippen molar-refractivity contribution in [3.05, 3.63) is 51.5 Å². The van der Waals surface area contributed by atoms with E-state index in [1.165, 1.54) is 6.07 Å². The molecule has 1 amide bonds. The molecule has 9 nitrogen and oxygen atoms in total. The number of phenols is 1. The zero-order valence-electron chi connectivity index (χ0n) is 18.1. The minimum Gasteiger partial charge on any atom is -0.511 e. The number of hydrogen-bond donors (Lipinski definition) is 5. The molecular weight excluding hydrogens is 440 g/mol. The highest BCUT2D eigenvalue weighted by atomic mass is 16.3. The Bertz CT molecular complexity index is 1300. The average Bonchev–Trinajstić information content (AvgIpc) is 2.77. The van der Waals surface area contributed by atoms with Gasteiger partial charge in [-0.25, -0.2) is 0 Å². The van der Waals surface area contributed by atoms with Gasteiger partial charge in [0.25, 0.3) is 5.91 Å². The van der Waals surface area contributed by atoms with Gasteiger partial charge in [0.2, 0.25) is 5.78 Å².